The zero-order valence-electron chi connectivity index (χ0n) is 11.3. The molecule has 0 fully saturated rings. The predicted octanol–water partition coefficient (Wildman–Crippen LogP) is 4.89. The van der Waals surface area contributed by atoms with Crippen LogP contribution in [0.4, 0.5) is 0 Å². The van der Waals surface area contributed by atoms with E-state index in [0.29, 0.717) is 10.3 Å². The minimum absolute atomic E-state index is 0.314. The molecule has 0 aliphatic heterocycles. The zero-order valence-corrected chi connectivity index (χ0v) is 12.8. The second-order valence-corrected chi connectivity index (χ2v) is 5.18. The Labute approximate surface area is 128 Å². The molecule has 102 valence electrons. The summed E-state index contributed by atoms with van der Waals surface area (Å²) < 4.78 is 0. The van der Waals surface area contributed by atoms with Crippen molar-refractivity contribution in [2.75, 3.05) is 0 Å². The van der Waals surface area contributed by atoms with Crippen LogP contribution in [0.2, 0.25) is 0 Å². The molecule has 0 heterocycles. The van der Waals surface area contributed by atoms with Gasteiger partial charge in [0, 0.05) is 11.1 Å². The molecule has 0 spiro atoms. The molecule has 2 aromatic rings. The molecule has 0 saturated carbocycles. The van der Waals surface area contributed by atoms with Crippen molar-refractivity contribution in [2.45, 2.75) is 13.8 Å². The van der Waals surface area contributed by atoms with Crippen LogP contribution >= 0.6 is 23.2 Å². The normalized spacial score (nSPS) is 12.6. The summed E-state index contributed by atoms with van der Waals surface area (Å²) in [6.07, 6.45) is 0. The van der Waals surface area contributed by atoms with E-state index in [9.17, 15) is 0 Å². The fourth-order valence-electron chi connectivity index (χ4n) is 1.73. The summed E-state index contributed by atoms with van der Waals surface area (Å²) in [6, 6.07) is 15.5. The summed E-state index contributed by atoms with van der Waals surface area (Å²) in [7, 11) is 0. The lowest BCUT2D eigenvalue weighted by atomic mass is 10.1. The predicted molar refractivity (Wildman–Crippen MR) is 87.1 cm³/mol. The van der Waals surface area contributed by atoms with Gasteiger partial charge in [0.1, 0.15) is 0 Å². The first-order valence-electron chi connectivity index (χ1n) is 6.17. The van der Waals surface area contributed by atoms with Gasteiger partial charge in [-0.05, 0) is 25.5 Å². The molecule has 2 rings (SSSR count). The third kappa shape index (κ3) is 3.69. The summed E-state index contributed by atoms with van der Waals surface area (Å²) in [5.74, 6) is 0. The van der Waals surface area contributed by atoms with E-state index in [1.165, 1.54) is 0 Å². The van der Waals surface area contributed by atoms with Crippen molar-refractivity contribution in [3.05, 3.63) is 70.8 Å². The van der Waals surface area contributed by atoms with E-state index in [1.54, 1.807) is 0 Å². The van der Waals surface area contributed by atoms with Crippen LogP contribution in [0.25, 0.3) is 0 Å². The van der Waals surface area contributed by atoms with Crippen LogP contribution in [0.3, 0.4) is 0 Å². The maximum atomic E-state index is 6.20. The number of hydrogen-bond donors (Lipinski definition) is 0. The van der Waals surface area contributed by atoms with Crippen molar-refractivity contribution < 1.29 is 0 Å². The molecule has 0 bridgehead atoms. The highest BCUT2D eigenvalue weighted by atomic mass is 35.5. The minimum atomic E-state index is 0.314. The second kappa shape index (κ2) is 6.69. The van der Waals surface area contributed by atoms with E-state index in [-0.39, 0.29) is 0 Å². The molecule has 0 aliphatic carbocycles. The summed E-state index contributed by atoms with van der Waals surface area (Å²) >= 11 is 12.3. The Hall–Kier alpha value is -1.64. The smallest absolute Gasteiger partial charge is 0.136 e. The summed E-state index contributed by atoms with van der Waals surface area (Å²) in [5.41, 5.74) is 3.85. The fraction of sp³-hybridized carbons (Fsp3) is 0.125. The number of benzene rings is 2. The lowest BCUT2D eigenvalue weighted by Crippen LogP contribution is -1.96. The fourth-order valence-corrected chi connectivity index (χ4v) is 2.14. The van der Waals surface area contributed by atoms with Crippen molar-refractivity contribution >= 4 is 33.5 Å². The molecule has 0 N–H and O–H groups in total. The molecular weight excluding hydrogens is 291 g/mol. The van der Waals surface area contributed by atoms with E-state index in [1.807, 2.05) is 62.4 Å². The number of nitrogens with zero attached hydrogens (tertiary/aromatic N) is 2. The molecule has 0 aliphatic rings. The maximum absolute atomic E-state index is 6.20. The first-order valence-corrected chi connectivity index (χ1v) is 6.93. The van der Waals surface area contributed by atoms with Gasteiger partial charge in [0.2, 0.25) is 0 Å². The Morgan fingerprint density at radius 3 is 2.20 bits per heavy atom. The van der Waals surface area contributed by atoms with Gasteiger partial charge in [-0.1, -0.05) is 71.2 Å². The van der Waals surface area contributed by atoms with Gasteiger partial charge >= 0.3 is 0 Å². The average Bonchev–Trinajstić information content (AvgIpc) is 2.47. The Balaban J connectivity index is 2.29. The monoisotopic (exact) mass is 304 g/mol. The highest BCUT2D eigenvalue weighted by Gasteiger charge is 2.05. The van der Waals surface area contributed by atoms with Crippen LogP contribution in [0.15, 0.2) is 58.7 Å². The largest absolute Gasteiger partial charge is 0.159 e. The quantitative estimate of drug-likeness (QED) is 0.570. The summed E-state index contributed by atoms with van der Waals surface area (Å²) in [5, 5.41) is 8.64. The average molecular weight is 305 g/mol. The molecule has 4 heteroatoms. The van der Waals surface area contributed by atoms with Crippen LogP contribution in [-0.2, 0) is 0 Å². The van der Waals surface area contributed by atoms with Gasteiger partial charge in [-0.25, -0.2) is 0 Å². The van der Waals surface area contributed by atoms with Crippen molar-refractivity contribution in [1.82, 2.24) is 0 Å². The third-order valence-corrected chi connectivity index (χ3v) is 3.43. The molecule has 0 atom stereocenters. The number of rotatable bonds is 3. The molecule has 0 amide bonds. The molecule has 0 aromatic heterocycles. The van der Waals surface area contributed by atoms with Crippen LogP contribution in [-0.4, -0.2) is 10.3 Å². The second-order valence-electron chi connectivity index (χ2n) is 4.47. The van der Waals surface area contributed by atoms with E-state index >= 15 is 0 Å². The standard InChI is InChI=1S/C16H14Cl2N2/c1-11-8-9-12(2)14(10-11)16(18)20-19-15(17)13-6-4-3-5-7-13/h3-10H,1-2H3/b19-15+,20-16+. The minimum Gasteiger partial charge on any atom is -0.136 e. The Kier molecular flexibility index (Phi) is 4.94. The highest BCUT2D eigenvalue weighted by molar-refractivity contribution is 6.71. The molecule has 0 saturated heterocycles. The van der Waals surface area contributed by atoms with Crippen molar-refractivity contribution in [2.24, 2.45) is 10.2 Å². The van der Waals surface area contributed by atoms with Gasteiger partial charge in [0.15, 0.2) is 10.3 Å². The van der Waals surface area contributed by atoms with Gasteiger partial charge in [0.05, 0.1) is 0 Å². The van der Waals surface area contributed by atoms with Gasteiger partial charge < -0.3 is 0 Å². The number of aryl methyl sites for hydroxylation is 2. The maximum Gasteiger partial charge on any atom is 0.159 e. The van der Waals surface area contributed by atoms with Crippen molar-refractivity contribution in [3.63, 3.8) is 0 Å². The van der Waals surface area contributed by atoms with Gasteiger partial charge in [0.25, 0.3) is 0 Å². The van der Waals surface area contributed by atoms with Crippen LogP contribution < -0.4 is 0 Å². The lowest BCUT2D eigenvalue weighted by Gasteiger charge is -2.03. The van der Waals surface area contributed by atoms with E-state index in [0.717, 1.165) is 22.3 Å². The molecular formula is C16H14Cl2N2. The Morgan fingerprint density at radius 2 is 1.50 bits per heavy atom. The topological polar surface area (TPSA) is 24.7 Å². The molecule has 2 nitrogen and oxygen atoms in total. The van der Waals surface area contributed by atoms with Crippen LogP contribution in [0.5, 0.6) is 0 Å². The summed E-state index contributed by atoms with van der Waals surface area (Å²) in [6.45, 7) is 3.99. The number of halogens is 2. The molecule has 2 aromatic carbocycles. The van der Waals surface area contributed by atoms with E-state index in [2.05, 4.69) is 10.2 Å². The van der Waals surface area contributed by atoms with Gasteiger partial charge in [-0.2, -0.15) is 0 Å². The number of hydrogen-bond acceptors (Lipinski definition) is 2. The lowest BCUT2D eigenvalue weighted by molar-refractivity contribution is 1.25. The van der Waals surface area contributed by atoms with Crippen molar-refractivity contribution in [3.8, 4) is 0 Å². The summed E-state index contributed by atoms with van der Waals surface area (Å²) in [4.78, 5) is 0. The van der Waals surface area contributed by atoms with Gasteiger partial charge in [-0.15, -0.1) is 10.2 Å². The SMILES string of the molecule is Cc1ccc(C)c(/C(Cl)=N\N=C(\Cl)c2ccccc2)c1. The first-order chi connectivity index (χ1) is 9.58. The molecule has 0 unspecified atom stereocenters. The van der Waals surface area contributed by atoms with Crippen LogP contribution in [0, 0.1) is 13.8 Å². The van der Waals surface area contributed by atoms with E-state index < -0.39 is 0 Å². The third-order valence-electron chi connectivity index (χ3n) is 2.85. The highest BCUT2D eigenvalue weighted by Crippen LogP contribution is 2.15. The molecule has 20 heavy (non-hydrogen) atoms. The van der Waals surface area contributed by atoms with Crippen LogP contribution in [0.1, 0.15) is 22.3 Å². The van der Waals surface area contributed by atoms with E-state index in [4.69, 9.17) is 23.2 Å². The van der Waals surface area contributed by atoms with Gasteiger partial charge in [-0.3, -0.25) is 0 Å². The Bertz CT molecular complexity index is 661. The molecule has 0 radical (unpaired) electrons. The van der Waals surface area contributed by atoms with Crippen molar-refractivity contribution in [1.29, 1.82) is 0 Å². The first kappa shape index (κ1) is 14.8. The zero-order chi connectivity index (χ0) is 14.5. The Morgan fingerprint density at radius 1 is 0.850 bits per heavy atom.